The number of hydrogen-bond acceptors (Lipinski definition) is 5. The number of benzene rings is 2. The van der Waals surface area contributed by atoms with Gasteiger partial charge in [0.1, 0.15) is 37.6 Å². The Morgan fingerprint density at radius 3 is 2.39 bits per heavy atom. The van der Waals surface area contributed by atoms with E-state index < -0.39 is 0 Å². The molecule has 0 saturated carbocycles. The number of aryl methyl sites for hydroxylation is 3. The lowest BCUT2D eigenvalue weighted by Gasteiger charge is -2.14. The first kappa shape index (κ1) is 24.3. The summed E-state index contributed by atoms with van der Waals surface area (Å²) in [4.78, 5) is 4.62. The Bertz CT molecular complexity index is 822. The van der Waals surface area contributed by atoms with Gasteiger partial charge in [0.05, 0.1) is 12.8 Å². The van der Waals surface area contributed by atoms with Crippen LogP contribution in [0.25, 0.3) is 0 Å². The Morgan fingerprint density at radius 2 is 1.65 bits per heavy atom. The lowest BCUT2D eigenvalue weighted by atomic mass is 10.1. The minimum atomic E-state index is 0.399. The second kappa shape index (κ2) is 14.1. The van der Waals surface area contributed by atoms with E-state index in [1.54, 1.807) is 6.21 Å². The molecule has 0 aliphatic heterocycles. The van der Waals surface area contributed by atoms with Gasteiger partial charge in [0, 0.05) is 0 Å². The Kier molecular flexibility index (Phi) is 11.1. The third-order valence-corrected chi connectivity index (χ3v) is 4.77. The fourth-order valence-corrected chi connectivity index (χ4v) is 3.27. The van der Waals surface area contributed by atoms with Crippen molar-refractivity contribution in [2.45, 2.75) is 46.5 Å². The summed E-state index contributed by atoms with van der Waals surface area (Å²) in [6.45, 7) is 7.84. The molecule has 0 heterocycles. The molecule has 2 aromatic carbocycles. The molecule has 5 heteroatoms. The molecular weight excluding hydrogens is 390 g/mol. The van der Waals surface area contributed by atoms with Crippen molar-refractivity contribution in [3.8, 4) is 17.2 Å². The molecule has 0 amide bonds. The first-order valence-corrected chi connectivity index (χ1v) is 10.9. The molecule has 2 aromatic rings. The third kappa shape index (κ3) is 9.16. The maximum absolute atomic E-state index is 6.07. The first-order valence-electron chi connectivity index (χ1n) is 10.9. The fourth-order valence-electron chi connectivity index (χ4n) is 3.27. The number of ether oxygens (including phenoxy) is 3. The molecule has 168 valence electrons. The molecule has 0 saturated heterocycles. The predicted octanol–water partition coefficient (Wildman–Crippen LogP) is 6.06. The van der Waals surface area contributed by atoms with Gasteiger partial charge < -0.3 is 19.0 Å². The molecule has 0 aromatic heterocycles. The number of nitrogens with zero attached hydrogens (tertiary/aromatic N) is 1. The maximum Gasteiger partial charge on any atom is 0.127 e. The Labute approximate surface area is 186 Å². The van der Waals surface area contributed by atoms with Crippen molar-refractivity contribution >= 4 is 6.21 Å². The summed E-state index contributed by atoms with van der Waals surface area (Å²) >= 11 is 0. The van der Waals surface area contributed by atoms with E-state index in [0.717, 1.165) is 60.7 Å². The van der Waals surface area contributed by atoms with Gasteiger partial charge in [-0.3, -0.25) is 0 Å². The number of unbranched alkanes of at least 4 members (excludes halogenated alkanes) is 2. The Morgan fingerprint density at radius 1 is 0.871 bits per heavy atom. The summed E-state index contributed by atoms with van der Waals surface area (Å²) in [6, 6.07) is 12.3. The molecule has 31 heavy (non-hydrogen) atoms. The van der Waals surface area contributed by atoms with Crippen molar-refractivity contribution in [1.82, 2.24) is 0 Å². The van der Waals surface area contributed by atoms with Gasteiger partial charge >= 0.3 is 0 Å². The van der Waals surface area contributed by atoms with Gasteiger partial charge in [0.25, 0.3) is 0 Å². The molecule has 0 unspecified atom stereocenters. The summed E-state index contributed by atoms with van der Waals surface area (Å²) in [5, 5.41) is 3.67. The highest BCUT2D eigenvalue weighted by Crippen LogP contribution is 2.28. The Hall–Kier alpha value is -2.95. The first-order chi connectivity index (χ1) is 15.1. The van der Waals surface area contributed by atoms with Gasteiger partial charge in [0.15, 0.2) is 0 Å². The van der Waals surface area contributed by atoms with E-state index >= 15 is 0 Å². The van der Waals surface area contributed by atoms with Crippen molar-refractivity contribution in [2.75, 3.05) is 26.9 Å². The van der Waals surface area contributed by atoms with Crippen LogP contribution in [0.4, 0.5) is 0 Å². The molecule has 0 radical (unpaired) electrons. The van der Waals surface area contributed by atoms with Crippen molar-refractivity contribution in [2.24, 2.45) is 5.16 Å². The second-order valence-corrected chi connectivity index (χ2v) is 7.35. The van der Waals surface area contributed by atoms with Crippen LogP contribution in [-0.2, 0) is 11.3 Å². The third-order valence-electron chi connectivity index (χ3n) is 4.77. The topological polar surface area (TPSA) is 49.3 Å². The fraction of sp³-hybridized carbons (Fsp3) is 0.423. The molecule has 0 spiro atoms. The number of oxime groups is 1. The lowest BCUT2D eigenvalue weighted by molar-refractivity contribution is 0.212. The zero-order valence-electron chi connectivity index (χ0n) is 19.2. The van der Waals surface area contributed by atoms with Gasteiger partial charge in [-0.1, -0.05) is 29.4 Å². The van der Waals surface area contributed by atoms with Crippen molar-refractivity contribution in [3.63, 3.8) is 0 Å². The van der Waals surface area contributed by atoms with E-state index in [1.807, 2.05) is 43.3 Å². The number of allylic oxidation sites excluding steroid dienone is 1. The largest absolute Gasteiger partial charge is 0.493 e. The van der Waals surface area contributed by atoms with Crippen LogP contribution in [0.2, 0.25) is 0 Å². The molecule has 0 aliphatic rings. The molecule has 0 aliphatic carbocycles. The average Bonchev–Trinajstić information content (AvgIpc) is 2.76. The Balaban J connectivity index is 1.70. The highest BCUT2D eigenvalue weighted by Gasteiger charge is 2.07. The van der Waals surface area contributed by atoms with Crippen LogP contribution >= 0.6 is 0 Å². The standard InChI is InChI=1S/C26H35NO4/c1-5-6-15-29-25-18-21(2)26(22(3)19-25)31-16-9-7-8-11-23-12-10-13-24(20-23)30-17-14-27-28-4/h5-6,10,12-14,18-20H,7-9,11,15-17H2,1-4H3/b6-5+,27-14-. The zero-order chi connectivity index (χ0) is 22.3. The van der Waals surface area contributed by atoms with E-state index in [-0.39, 0.29) is 0 Å². The molecule has 0 fully saturated rings. The lowest BCUT2D eigenvalue weighted by Crippen LogP contribution is -2.02. The molecule has 0 N–H and O–H groups in total. The summed E-state index contributed by atoms with van der Waals surface area (Å²) in [7, 11) is 1.52. The van der Waals surface area contributed by atoms with Crippen LogP contribution in [0.5, 0.6) is 17.2 Å². The van der Waals surface area contributed by atoms with Crippen molar-refractivity contribution in [1.29, 1.82) is 0 Å². The summed E-state index contributed by atoms with van der Waals surface area (Å²) in [5.41, 5.74) is 3.51. The highest BCUT2D eigenvalue weighted by atomic mass is 16.6. The van der Waals surface area contributed by atoms with Crippen molar-refractivity contribution in [3.05, 3.63) is 65.2 Å². The number of rotatable bonds is 14. The monoisotopic (exact) mass is 425 g/mol. The molecule has 2 rings (SSSR count). The molecule has 0 bridgehead atoms. The van der Waals surface area contributed by atoms with Crippen LogP contribution in [0.15, 0.2) is 53.7 Å². The second-order valence-electron chi connectivity index (χ2n) is 7.35. The van der Waals surface area contributed by atoms with Gasteiger partial charge in [-0.05, 0) is 87.4 Å². The zero-order valence-corrected chi connectivity index (χ0v) is 19.2. The van der Waals surface area contributed by atoms with Gasteiger partial charge in [0.2, 0.25) is 0 Å². The molecular formula is C26H35NO4. The van der Waals surface area contributed by atoms with Crippen LogP contribution in [-0.4, -0.2) is 33.1 Å². The minimum Gasteiger partial charge on any atom is -0.493 e. The van der Waals surface area contributed by atoms with Gasteiger partial charge in [-0.15, -0.1) is 0 Å². The highest BCUT2D eigenvalue weighted by molar-refractivity contribution is 5.58. The summed E-state index contributed by atoms with van der Waals surface area (Å²) in [5.74, 6) is 2.71. The molecule has 5 nitrogen and oxygen atoms in total. The van der Waals surface area contributed by atoms with E-state index in [2.05, 4.69) is 36.0 Å². The average molecular weight is 426 g/mol. The summed E-state index contributed by atoms with van der Waals surface area (Å²) < 4.78 is 17.5. The van der Waals surface area contributed by atoms with Gasteiger partial charge in [-0.2, -0.15) is 0 Å². The quantitative estimate of drug-likeness (QED) is 0.160. The van der Waals surface area contributed by atoms with Crippen LogP contribution in [0, 0.1) is 13.8 Å². The SMILES string of the molecule is C/C=C/COc1cc(C)c(OCCCCCc2cccc(OC/C=N\OC)c2)c(C)c1. The maximum atomic E-state index is 6.07. The van der Waals surface area contributed by atoms with E-state index in [0.29, 0.717) is 13.2 Å². The van der Waals surface area contributed by atoms with E-state index in [9.17, 15) is 0 Å². The van der Waals surface area contributed by atoms with Crippen LogP contribution in [0.3, 0.4) is 0 Å². The van der Waals surface area contributed by atoms with E-state index in [1.165, 1.54) is 12.7 Å². The van der Waals surface area contributed by atoms with Crippen LogP contribution in [0.1, 0.15) is 42.9 Å². The minimum absolute atomic E-state index is 0.399. The predicted molar refractivity (Wildman–Crippen MR) is 127 cm³/mol. The van der Waals surface area contributed by atoms with Gasteiger partial charge in [-0.25, -0.2) is 0 Å². The number of hydrogen-bond donors (Lipinski definition) is 0. The normalized spacial score (nSPS) is 11.2. The summed E-state index contributed by atoms with van der Waals surface area (Å²) in [6.07, 6.45) is 9.88. The van der Waals surface area contributed by atoms with E-state index in [4.69, 9.17) is 14.2 Å². The van der Waals surface area contributed by atoms with Crippen molar-refractivity contribution < 1.29 is 19.0 Å². The smallest absolute Gasteiger partial charge is 0.127 e. The van der Waals surface area contributed by atoms with Crippen LogP contribution < -0.4 is 14.2 Å². The molecule has 0 atom stereocenters.